The van der Waals surface area contributed by atoms with Crippen LogP contribution in [-0.2, 0) is 16.6 Å². The highest BCUT2D eigenvalue weighted by Gasteiger charge is 2.34. The van der Waals surface area contributed by atoms with Crippen molar-refractivity contribution >= 4 is 29.9 Å². The summed E-state index contributed by atoms with van der Waals surface area (Å²) in [5.74, 6) is 0.577. The van der Waals surface area contributed by atoms with E-state index in [9.17, 15) is 4.39 Å². The number of hydrogen-bond donors (Lipinski definition) is 2. The third-order valence-corrected chi connectivity index (χ3v) is 5.17. The lowest BCUT2D eigenvalue weighted by Gasteiger charge is -2.36. The average Bonchev–Trinajstić information content (AvgIpc) is 2.73. The van der Waals surface area contributed by atoms with E-state index in [0.717, 1.165) is 49.6 Å². The van der Waals surface area contributed by atoms with Gasteiger partial charge in [-0.1, -0.05) is 18.2 Å². The SMILES string of the molecule is CCNC(=NCC1(c2cccc(F)c2)CCOCC1)NCCc1ccccn1.I. The number of rotatable bonds is 7. The van der Waals surface area contributed by atoms with Gasteiger partial charge in [0, 0.05) is 50.0 Å². The van der Waals surface area contributed by atoms with Gasteiger partial charge in [0.2, 0.25) is 0 Å². The summed E-state index contributed by atoms with van der Waals surface area (Å²) in [4.78, 5) is 9.19. The van der Waals surface area contributed by atoms with Crippen molar-refractivity contribution < 1.29 is 9.13 Å². The van der Waals surface area contributed by atoms with Gasteiger partial charge in [0.25, 0.3) is 0 Å². The molecule has 29 heavy (non-hydrogen) atoms. The van der Waals surface area contributed by atoms with Crippen molar-refractivity contribution in [1.82, 2.24) is 15.6 Å². The molecule has 0 saturated carbocycles. The van der Waals surface area contributed by atoms with E-state index in [1.807, 2.05) is 37.4 Å². The van der Waals surface area contributed by atoms with Gasteiger partial charge in [0.05, 0.1) is 6.54 Å². The number of nitrogens with zero attached hydrogens (tertiary/aromatic N) is 2. The van der Waals surface area contributed by atoms with Crippen LogP contribution in [0.15, 0.2) is 53.7 Å². The maximum Gasteiger partial charge on any atom is 0.191 e. The summed E-state index contributed by atoms with van der Waals surface area (Å²) in [5, 5.41) is 6.68. The molecule has 2 heterocycles. The van der Waals surface area contributed by atoms with E-state index >= 15 is 0 Å². The predicted octanol–water partition coefficient (Wildman–Crippen LogP) is 3.68. The van der Waals surface area contributed by atoms with Crippen molar-refractivity contribution in [3.8, 4) is 0 Å². The number of aromatic nitrogens is 1. The summed E-state index contributed by atoms with van der Waals surface area (Å²) in [6.45, 7) is 5.53. The van der Waals surface area contributed by atoms with Gasteiger partial charge in [-0.25, -0.2) is 4.39 Å². The van der Waals surface area contributed by atoms with Gasteiger partial charge < -0.3 is 15.4 Å². The Morgan fingerprint density at radius 1 is 1.17 bits per heavy atom. The smallest absolute Gasteiger partial charge is 0.191 e. The average molecular weight is 512 g/mol. The van der Waals surface area contributed by atoms with Gasteiger partial charge in [0.1, 0.15) is 5.82 Å². The summed E-state index contributed by atoms with van der Waals surface area (Å²) in [7, 11) is 0. The first-order valence-electron chi connectivity index (χ1n) is 9.98. The van der Waals surface area contributed by atoms with Crippen molar-refractivity contribution in [2.24, 2.45) is 4.99 Å². The molecule has 5 nitrogen and oxygen atoms in total. The first kappa shape index (κ1) is 23.5. The highest BCUT2D eigenvalue weighted by molar-refractivity contribution is 14.0. The Morgan fingerprint density at radius 2 is 2.00 bits per heavy atom. The second-order valence-corrected chi connectivity index (χ2v) is 7.10. The lowest BCUT2D eigenvalue weighted by atomic mass is 9.74. The molecule has 1 aromatic heterocycles. The minimum absolute atomic E-state index is 0. The first-order valence-corrected chi connectivity index (χ1v) is 9.98. The first-order chi connectivity index (χ1) is 13.7. The molecule has 0 atom stereocenters. The molecule has 1 fully saturated rings. The van der Waals surface area contributed by atoms with Gasteiger partial charge in [-0.3, -0.25) is 9.98 Å². The van der Waals surface area contributed by atoms with Crippen LogP contribution in [0.3, 0.4) is 0 Å². The van der Waals surface area contributed by atoms with Crippen LogP contribution in [0.2, 0.25) is 0 Å². The largest absolute Gasteiger partial charge is 0.381 e. The molecule has 1 aliphatic heterocycles. The van der Waals surface area contributed by atoms with Gasteiger partial charge in [-0.2, -0.15) is 0 Å². The van der Waals surface area contributed by atoms with Gasteiger partial charge in [-0.05, 0) is 49.6 Å². The Kier molecular flexibility index (Phi) is 9.80. The molecule has 0 unspecified atom stereocenters. The molecule has 2 N–H and O–H groups in total. The van der Waals surface area contributed by atoms with Crippen molar-refractivity contribution in [3.05, 3.63) is 65.7 Å². The maximum atomic E-state index is 13.8. The Bertz CT molecular complexity index is 766. The fourth-order valence-electron chi connectivity index (χ4n) is 3.55. The zero-order chi connectivity index (χ0) is 19.7. The zero-order valence-electron chi connectivity index (χ0n) is 16.9. The molecular weight excluding hydrogens is 482 g/mol. The minimum Gasteiger partial charge on any atom is -0.381 e. The van der Waals surface area contributed by atoms with Gasteiger partial charge >= 0.3 is 0 Å². The molecule has 0 spiro atoms. The van der Waals surface area contributed by atoms with Crippen LogP contribution in [0.25, 0.3) is 0 Å². The van der Waals surface area contributed by atoms with E-state index in [1.54, 1.807) is 12.1 Å². The molecule has 1 saturated heterocycles. The molecule has 1 aromatic carbocycles. The lowest BCUT2D eigenvalue weighted by molar-refractivity contribution is 0.0530. The number of nitrogens with one attached hydrogen (secondary N) is 2. The zero-order valence-corrected chi connectivity index (χ0v) is 19.2. The quantitative estimate of drug-likeness (QED) is 0.338. The van der Waals surface area contributed by atoms with E-state index in [4.69, 9.17) is 9.73 Å². The van der Waals surface area contributed by atoms with Crippen LogP contribution in [0.5, 0.6) is 0 Å². The van der Waals surface area contributed by atoms with Crippen LogP contribution in [-0.4, -0.2) is 43.8 Å². The Hall–Kier alpha value is -1.74. The van der Waals surface area contributed by atoms with Crippen LogP contribution in [0.1, 0.15) is 31.0 Å². The standard InChI is InChI=1S/C22H29FN4O.HI/c1-2-24-21(26-13-9-20-8-3-4-12-25-20)27-17-22(10-14-28-15-11-22)18-6-5-7-19(23)16-18;/h3-8,12,16H,2,9-11,13-15,17H2,1H3,(H2,24,26,27);1H. The highest BCUT2D eigenvalue weighted by atomic mass is 127. The number of aliphatic imine (C=N–C) groups is 1. The third-order valence-electron chi connectivity index (χ3n) is 5.17. The van der Waals surface area contributed by atoms with Crippen LogP contribution in [0.4, 0.5) is 4.39 Å². The third kappa shape index (κ3) is 6.92. The Balaban J connectivity index is 0.00000300. The summed E-state index contributed by atoms with van der Waals surface area (Å²) in [6, 6.07) is 12.9. The van der Waals surface area contributed by atoms with Crippen molar-refractivity contribution in [3.63, 3.8) is 0 Å². The fourth-order valence-corrected chi connectivity index (χ4v) is 3.55. The summed E-state index contributed by atoms with van der Waals surface area (Å²) >= 11 is 0. The molecule has 1 aliphatic rings. The van der Waals surface area contributed by atoms with Gasteiger partial charge in [0.15, 0.2) is 5.96 Å². The second-order valence-electron chi connectivity index (χ2n) is 7.10. The molecule has 0 radical (unpaired) electrons. The Labute approximate surface area is 189 Å². The van der Waals surface area contributed by atoms with Crippen molar-refractivity contribution in [2.75, 3.05) is 32.8 Å². The van der Waals surface area contributed by atoms with E-state index in [2.05, 4.69) is 15.6 Å². The fraction of sp³-hybridized carbons (Fsp3) is 0.455. The second kappa shape index (κ2) is 12.1. The number of benzene rings is 1. The van der Waals surface area contributed by atoms with Crippen LogP contribution in [0, 0.1) is 5.82 Å². The maximum absolute atomic E-state index is 13.8. The summed E-state index contributed by atoms with van der Waals surface area (Å²) in [5.41, 5.74) is 1.86. The predicted molar refractivity (Wildman–Crippen MR) is 125 cm³/mol. The van der Waals surface area contributed by atoms with E-state index in [-0.39, 0.29) is 35.2 Å². The highest BCUT2D eigenvalue weighted by Crippen LogP contribution is 2.35. The van der Waals surface area contributed by atoms with Crippen LogP contribution >= 0.6 is 24.0 Å². The number of pyridine rings is 1. The molecule has 158 valence electrons. The topological polar surface area (TPSA) is 58.5 Å². The molecule has 3 rings (SSSR count). The van der Waals surface area contributed by atoms with E-state index in [1.165, 1.54) is 6.07 Å². The number of hydrogen-bond acceptors (Lipinski definition) is 3. The number of guanidine groups is 1. The van der Waals surface area contributed by atoms with Crippen LogP contribution < -0.4 is 10.6 Å². The summed E-state index contributed by atoms with van der Waals surface area (Å²) < 4.78 is 19.4. The van der Waals surface area contributed by atoms with Gasteiger partial charge in [-0.15, -0.1) is 24.0 Å². The normalized spacial score (nSPS) is 16.0. The number of ether oxygens (including phenoxy) is 1. The minimum atomic E-state index is -0.201. The van der Waals surface area contributed by atoms with E-state index < -0.39 is 0 Å². The molecule has 0 amide bonds. The Morgan fingerprint density at radius 3 is 2.69 bits per heavy atom. The van der Waals surface area contributed by atoms with Crippen molar-refractivity contribution in [1.29, 1.82) is 0 Å². The monoisotopic (exact) mass is 512 g/mol. The molecule has 7 heteroatoms. The van der Waals surface area contributed by atoms with E-state index in [0.29, 0.717) is 19.8 Å². The molecular formula is C22H30FIN4O. The van der Waals surface area contributed by atoms with Crippen molar-refractivity contribution in [2.45, 2.75) is 31.6 Å². The molecule has 0 bridgehead atoms. The number of halogens is 2. The lowest BCUT2D eigenvalue weighted by Crippen LogP contribution is -2.41. The molecule has 2 aromatic rings. The molecule has 0 aliphatic carbocycles. The summed E-state index contributed by atoms with van der Waals surface area (Å²) in [6.07, 6.45) is 4.32.